The van der Waals surface area contributed by atoms with Crippen LogP contribution in [-0.4, -0.2) is 20.2 Å². The average Bonchev–Trinajstić information content (AvgIpc) is 2.46. The highest BCUT2D eigenvalue weighted by atomic mass is 16.5. The van der Waals surface area contributed by atoms with Gasteiger partial charge in [0.2, 0.25) is 0 Å². The maximum absolute atomic E-state index is 5.54. The SMILES string of the molecule is CCc1ccc(OC)c(C2CCC(NC)CC2)c1. The van der Waals surface area contributed by atoms with Gasteiger partial charge >= 0.3 is 0 Å². The van der Waals surface area contributed by atoms with Crippen LogP contribution in [0.15, 0.2) is 18.2 Å². The van der Waals surface area contributed by atoms with Crippen LogP contribution < -0.4 is 10.1 Å². The highest BCUT2D eigenvalue weighted by Crippen LogP contribution is 2.38. The van der Waals surface area contributed by atoms with Crippen LogP contribution in [0.3, 0.4) is 0 Å². The van der Waals surface area contributed by atoms with Crippen molar-refractivity contribution in [2.45, 2.75) is 51.0 Å². The quantitative estimate of drug-likeness (QED) is 0.879. The highest BCUT2D eigenvalue weighted by molar-refractivity contribution is 5.40. The molecule has 0 aromatic heterocycles. The van der Waals surface area contributed by atoms with Crippen LogP contribution >= 0.6 is 0 Å². The van der Waals surface area contributed by atoms with Gasteiger partial charge in [0.1, 0.15) is 5.75 Å². The Kier molecular flexibility index (Phi) is 4.65. The molecule has 1 aliphatic carbocycles. The second-order valence-corrected chi connectivity index (χ2v) is 5.27. The number of ether oxygens (including phenoxy) is 1. The van der Waals surface area contributed by atoms with Crippen LogP contribution in [-0.2, 0) is 6.42 Å². The van der Waals surface area contributed by atoms with Gasteiger partial charge in [0.05, 0.1) is 7.11 Å². The van der Waals surface area contributed by atoms with Gasteiger partial charge in [0.25, 0.3) is 0 Å². The summed E-state index contributed by atoms with van der Waals surface area (Å²) in [5.74, 6) is 1.75. The van der Waals surface area contributed by atoms with Crippen molar-refractivity contribution in [3.05, 3.63) is 29.3 Å². The molecule has 100 valence electrons. The molecule has 0 saturated heterocycles. The molecular weight excluding hydrogens is 222 g/mol. The van der Waals surface area contributed by atoms with Gasteiger partial charge in [0.15, 0.2) is 0 Å². The first-order chi connectivity index (χ1) is 8.78. The lowest BCUT2D eigenvalue weighted by Gasteiger charge is -2.29. The fraction of sp³-hybridized carbons (Fsp3) is 0.625. The number of rotatable bonds is 4. The van der Waals surface area contributed by atoms with Gasteiger partial charge in [0, 0.05) is 6.04 Å². The molecule has 0 unspecified atom stereocenters. The fourth-order valence-electron chi connectivity index (χ4n) is 3.02. The predicted octanol–water partition coefficient (Wildman–Crippen LogP) is 3.50. The molecule has 1 aliphatic rings. The lowest BCUT2D eigenvalue weighted by atomic mass is 9.81. The molecule has 0 heterocycles. The zero-order chi connectivity index (χ0) is 13.0. The normalized spacial score (nSPS) is 23.9. The van der Waals surface area contributed by atoms with Gasteiger partial charge in [-0.05, 0) is 62.3 Å². The number of nitrogens with one attached hydrogen (secondary N) is 1. The van der Waals surface area contributed by atoms with Gasteiger partial charge in [-0.25, -0.2) is 0 Å². The van der Waals surface area contributed by atoms with Crippen LogP contribution in [0.2, 0.25) is 0 Å². The van der Waals surface area contributed by atoms with Crippen molar-refractivity contribution >= 4 is 0 Å². The summed E-state index contributed by atoms with van der Waals surface area (Å²) in [4.78, 5) is 0. The Hall–Kier alpha value is -1.02. The molecular formula is C16H25NO. The molecule has 2 heteroatoms. The highest BCUT2D eigenvalue weighted by Gasteiger charge is 2.23. The van der Waals surface area contributed by atoms with Crippen LogP contribution in [0, 0.1) is 0 Å². The summed E-state index contributed by atoms with van der Waals surface area (Å²) in [6.45, 7) is 2.21. The Morgan fingerprint density at radius 3 is 2.50 bits per heavy atom. The summed E-state index contributed by atoms with van der Waals surface area (Å²) >= 11 is 0. The molecule has 18 heavy (non-hydrogen) atoms. The molecule has 1 N–H and O–H groups in total. The summed E-state index contributed by atoms with van der Waals surface area (Å²) in [7, 11) is 3.85. The van der Waals surface area contributed by atoms with E-state index in [9.17, 15) is 0 Å². The standard InChI is InChI=1S/C16H25NO/c1-4-12-5-10-16(18-3)15(11-12)13-6-8-14(17-2)9-7-13/h5,10-11,13-14,17H,4,6-9H2,1-3H3. The second kappa shape index (κ2) is 6.24. The van der Waals surface area contributed by atoms with Gasteiger partial charge in [-0.3, -0.25) is 0 Å². The van der Waals surface area contributed by atoms with E-state index in [2.05, 4.69) is 37.5 Å². The molecule has 0 spiro atoms. The Balaban J connectivity index is 2.16. The molecule has 1 fully saturated rings. The Morgan fingerprint density at radius 1 is 1.22 bits per heavy atom. The number of hydrogen-bond donors (Lipinski definition) is 1. The Bertz CT molecular complexity index is 381. The summed E-state index contributed by atoms with van der Waals surface area (Å²) < 4.78 is 5.54. The third-order valence-electron chi connectivity index (χ3n) is 4.28. The van der Waals surface area contributed by atoms with E-state index in [0.717, 1.165) is 12.2 Å². The van der Waals surface area contributed by atoms with Crippen molar-refractivity contribution < 1.29 is 4.74 Å². The Morgan fingerprint density at radius 2 is 1.94 bits per heavy atom. The summed E-state index contributed by atoms with van der Waals surface area (Å²) in [6.07, 6.45) is 6.20. The smallest absolute Gasteiger partial charge is 0.122 e. The summed E-state index contributed by atoms with van der Waals surface area (Å²) in [5, 5.41) is 3.40. The first-order valence-corrected chi connectivity index (χ1v) is 7.12. The molecule has 1 aromatic carbocycles. The van der Waals surface area contributed by atoms with E-state index in [1.165, 1.54) is 36.8 Å². The molecule has 1 aromatic rings. The Labute approximate surface area is 111 Å². The minimum absolute atomic E-state index is 0.677. The van der Waals surface area contributed by atoms with Crippen molar-refractivity contribution in [1.29, 1.82) is 0 Å². The zero-order valence-corrected chi connectivity index (χ0v) is 11.8. The lowest BCUT2D eigenvalue weighted by molar-refractivity contribution is 0.345. The van der Waals surface area contributed by atoms with Crippen molar-refractivity contribution in [1.82, 2.24) is 5.32 Å². The maximum Gasteiger partial charge on any atom is 0.122 e. The third-order valence-corrected chi connectivity index (χ3v) is 4.28. The van der Waals surface area contributed by atoms with Crippen LogP contribution in [0.4, 0.5) is 0 Å². The van der Waals surface area contributed by atoms with E-state index in [1.807, 2.05) is 0 Å². The van der Waals surface area contributed by atoms with Crippen LogP contribution in [0.5, 0.6) is 5.75 Å². The van der Waals surface area contributed by atoms with Crippen molar-refractivity contribution in [3.8, 4) is 5.75 Å². The van der Waals surface area contributed by atoms with E-state index in [1.54, 1.807) is 7.11 Å². The van der Waals surface area contributed by atoms with E-state index in [0.29, 0.717) is 12.0 Å². The number of methoxy groups -OCH3 is 1. The van der Waals surface area contributed by atoms with Crippen molar-refractivity contribution in [3.63, 3.8) is 0 Å². The molecule has 1 saturated carbocycles. The van der Waals surface area contributed by atoms with Crippen LogP contribution in [0.25, 0.3) is 0 Å². The summed E-state index contributed by atoms with van der Waals surface area (Å²) in [6, 6.07) is 7.38. The third kappa shape index (κ3) is 2.86. The average molecular weight is 247 g/mol. The number of aryl methyl sites for hydroxylation is 1. The fourth-order valence-corrected chi connectivity index (χ4v) is 3.02. The van der Waals surface area contributed by atoms with Gasteiger partial charge in [-0.2, -0.15) is 0 Å². The topological polar surface area (TPSA) is 21.3 Å². The van der Waals surface area contributed by atoms with Gasteiger partial charge in [-0.1, -0.05) is 19.1 Å². The largest absolute Gasteiger partial charge is 0.496 e. The number of hydrogen-bond acceptors (Lipinski definition) is 2. The minimum Gasteiger partial charge on any atom is -0.496 e. The molecule has 0 aliphatic heterocycles. The molecule has 0 atom stereocenters. The minimum atomic E-state index is 0.677. The second-order valence-electron chi connectivity index (χ2n) is 5.27. The van der Waals surface area contributed by atoms with Gasteiger partial charge in [-0.15, -0.1) is 0 Å². The van der Waals surface area contributed by atoms with Gasteiger partial charge < -0.3 is 10.1 Å². The van der Waals surface area contributed by atoms with E-state index in [4.69, 9.17) is 4.74 Å². The number of benzene rings is 1. The van der Waals surface area contributed by atoms with Crippen molar-refractivity contribution in [2.75, 3.05) is 14.2 Å². The molecule has 2 nitrogen and oxygen atoms in total. The van der Waals surface area contributed by atoms with E-state index >= 15 is 0 Å². The molecule has 0 amide bonds. The predicted molar refractivity (Wildman–Crippen MR) is 76.4 cm³/mol. The van der Waals surface area contributed by atoms with E-state index < -0.39 is 0 Å². The monoisotopic (exact) mass is 247 g/mol. The molecule has 0 radical (unpaired) electrons. The zero-order valence-electron chi connectivity index (χ0n) is 11.8. The van der Waals surface area contributed by atoms with Crippen LogP contribution in [0.1, 0.15) is 49.7 Å². The van der Waals surface area contributed by atoms with E-state index in [-0.39, 0.29) is 0 Å². The molecule has 0 bridgehead atoms. The maximum atomic E-state index is 5.54. The molecule has 2 rings (SSSR count). The summed E-state index contributed by atoms with van der Waals surface area (Å²) in [5.41, 5.74) is 2.84. The first-order valence-electron chi connectivity index (χ1n) is 7.12. The van der Waals surface area contributed by atoms with Crippen molar-refractivity contribution in [2.24, 2.45) is 0 Å². The first kappa shape index (κ1) is 13.4. The lowest BCUT2D eigenvalue weighted by Crippen LogP contribution is -2.29.